The summed E-state index contributed by atoms with van der Waals surface area (Å²) in [5.74, 6) is 0.414. The molecule has 0 N–H and O–H groups in total. The van der Waals surface area contributed by atoms with Crippen LogP contribution in [0.25, 0.3) is 0 Å². The second-order valence-corrected chi connectivity index (χ2v) is 8.92. The number of carbonyl (C=O) groups is 1. The summed E-state index contributed by atoms with van der Waals surface area (Å²) in [6.07, 6.45) is 3.55. The Bertz CT molecular complexity index is 162. The van der Waals surface area contributed by atoms with Gasteiger partial charge >= 0.3 is 0 Å². The summed E-state index contributed by atoms with van der Waals surface area (Å²) in [6, 6.07) is -1.01. The molecule has 0 atom stereocenters. The Morgan fingerprint density at radius 2 is 1.89 bits per heavy atom. The molecule has 52 valence electrons. The smallest absolute Gasteiger partial charge is 0.133 e. The predicted molar refractivity (Wildman–Crippen MR) is 44.2 cm³/mol. The lowest BCUT2D eigenvalue weighted by molar-refractivity contribution is -0.118. The third-order valence-electron chi connectivity index (χ3n) is 1.73. The highest BCUT2D eigenvalue weighted by Gasteiger charge is 2.19. The molecule has 0 radical (unpaired) electrons. The number of rotatable bonds is 0. The highest BCUT2D eigenvalue weighted by atomic mass is 32.4. The van der Waals surface area contributed by atoms with Crippen LogP contribution in [0.1, 0.15) is 12.8 Å². The van der Waals surface area contributed by atoms with Crippen LogP contribution in [0.3, 0.4) is 0 Å². The maximum atomic E-state index is 10.7. The Labute approximate surface area is 60.8 Å². The molecule has 3 heteroatoms. The van der Waals surface area contributed by atoms with E-state index in [2.05, 4.69) is 6.66 Å². The molecule has 1 fully saturated rings. The van der Waals surface area contributed by atoms with Crippen LogP contribution in [0.2, 0.25) is 0 Å². The van der Waals surface area contributed by atoms with Crippen molar-refractivity contribution in [2.75, 3.05) is 19.0 Å². The summed E-state index contributed by atoms with van der Waals surface area (Å²) in [7, 11) is 0. The van der Waals surface area contributed by atoms with Crippen LogP contribution in [0.4, 0.5) is 0 Å². The molecule has 0 aliphatic carbocycles. The molecular formula is C6H11OPS. The Morgan fingerprint density at radius 1 is 1.44 bits per heavy atom. The Balaban J connectivity index is 2.54. The fraction of sp³-hybridized carbons (Fsp3) is 0.833. The zero-order valence-corrected chi connectivity index (χ0v) is 7.30. The first-order valence-electron chi connectivity index (χ1n) is 3.17. The number of hydrogen-bond acceptors (Lipinski definition) is 2. The van der Waals surface area contributed by atoms with E-state index in [4.69, 9.17) is 11.8 Å². The lowest BCUT2D eigenvalue weighted by atomic mass is 10.2. The van der Waals surface area contributed by atoms with E-state index in [1.54, 1.807) is 0 Å². The van der Waals surface area contributed by atoms with Gasteiger partial charge in [0.05, 0.1) is 0 Å². The van der Waals surface area contributed by atoms with Crippen molar-refractivity contribution in [2.24, 2.45) is 0 Å². The third kappa shape index (κ3) is 2.19. The van der Waals surface area contributed by atoms with Gasteiger partial charge in [0.15, 0.2) is 0 Å². The normalized spacial score (nSPS) is 26.1. The molecule has 0 aromatic rings. The topological polar surface area (TPSA) is 17.1 Å². The molecule has 0 spiro atoms. The van der Waals surface area contributed by atoms with Gasteiger partial charge in [-0.3, -0.25) is 4.79 Å². The van der Waals surface area contributed by atoms with Gasteiger partial charge in [-0.25, -0.2) is 0 Å². The molecule has 1 heterocycles. The average molecular weight is 162 g/mol. The first-order chi connectivity index (χ1) is 4.10. The summed E-state index contributed by atoms with van der Waals surface area (Å²) in [5, 5.41) is 0. The van der Waals surface area contributed by atoms with Gasteiger partial charge in [-0.15, -0.1) is 0 Å². The van der Waals surface area contributed by atoms with Gasteiger partial charge in [0, 0.05) is 12.8 Å². The monoisotopic (exact) mass is 162 g/mol. The third-order valence-corrected chi connectivity index (χ3v) is 5.16. The van der Waals surface area contributed by atoms with E-state index in [1.807, 2.05) is 0 Å². The van der Waals surface area contributed by atoms with E-state index in [0.717, 1.165) is 25.2 Å². The molecule has 9 heavy (non-hydrogen) atoms. The largest absolute Gasteiger partial charge is 0.300 e. The van der Waals surface area contributed by atoms with Crippen LogP contribution in [0.15, 0.2) is 0 Å². The quantitative estimate of drug-likeness (QED) is 0.501. The van der Waals surface area contributed by atoms with Gasteiger partial charge < -0.3 is 0 Å². The van der Waals surface area contributed by atoms with Crippen molar-refractivity contribution in [3.05, 3.63) is 0 Å². The van der Waals surface area contributed by atoms with Crippen molar-refractivity contribution < 1.29 is 4.79 Å². The first-order valence-corrected chi connectivity index (χ1v) is 6.79. The second-order valence-electron chi connectivity index (χ2n) is 2.78. The molecule has 0 saturated carbocycles. The highest BCUT2D eigenvalue weighted by molar-refractivity contribution is 8.14. The minimum Gasteiger partial charge on any atom is -0.300 e. The molecule has 0 amide bonds. The molecular weight excluding hydrogens is 151 g/mol. The SMILES string of the molecule is CP1(=S)CCC(=O)CC1. The van der Waals surface area contributed by atoms with Gasteiger partial charge in [0.25, 0.3) is 0 Å². The van der Waals surface area contributed by atoms with E-state index in [0.29, 0.717) is 5.78 Å². The molecule has 0 bridgehead atoms. The van der Waals surface area contributed by atoms with Crippen LogP contribution < -0.4 is 0 Å². The van der Waals surface area contributed by atoms with E-state index >= 15 is 0 Å². The summed E-state index contributed by atoms with van der Waals surface area (Å²) >= 11 is 5.31. The van der Waals surface area contributed by atoms with Gasteiger partial charge in [0.1, 0.15) is 5.78 Å². The minimum absolute atomic E-state index is 0.414. The zero-order chi connectivity index (χ0) is 6.91. The molecule has 1 aliphatic heterocycles. The molecule has 0 aromatic carbocycles. The van der Waals surface area contributed by atoms with Gasteiger partial charge in [-0.2, -0.15) is 0 Å². The molecule has 1 saturated heterocycles. The van der Waals surface area contributed by atoms with Crippen molar-refractivity contribution in [1.29, 1.82) is 0 Å². The van der Waals surface area contributed by atoms with E-state index in [1.165, 1.54) is 0 Å². The van der Waals surface area contributed by atoms with Crippen molar-refractivity contribution in [1.82, 2.24) is 0 Å². The van der Waals surface area contributed by atoms with Gasteiger partial charge in [0.2, 0.25) is 0 Å². The lowest BCUT2D eigenvalue weighted by Gasteiger charge is -2.20. The highest BCUT2D eigenvalue weighted by Crippen LogP contribution is 2.45. The van der Waals surface area contributed by atoms with Gasteiger partial charge in [-0.1, -0.05) is 11.8 Å². The molecule has 1 aliphatic rings. The van der Waals surface area contributed by atoms with Crippen LogP contribution in [0, 0.1) is 0 Å². The van der Waals surface area contributed by atoms with Crippen molar-refractivity contribution >= 4 is 23.6 Å². The Kier molecular flexibility index (Phi) is 2.07. The second kappa shape index (κ2) is 2.51. The minimum atomic E-state index is -1.01. The number of Topliss-reactive ketones (excluding diaryl/α,β-unsaturated/α-hetero) is 1. The lowest BCUT2D eigenvalue weighted by Crippen LogP contribution is -2.11. The van der Waals surface area contributed by atoms with E-state index < -0.39 is 6.04 Å². The molecule has 0 unspecified atom stereocenters. The Morgan fingerprint density at radius 3 is 2.22 bits per heavy atom. The zero-order valence-electron chi connectivity index (χ0n) is 5.59. The van der Waals surface area contributed by atoms with Crippen LogP contribution in [0.5, 0.6) is 0 Å². The van der Waals surface area contributed by atoms with E-state index in [-0.39, 0.29) is 0 Å². The van der Waals surface area contributed by atoms with Gasteiger partial charge in [-0.05, 0) is 25.0 Å². The summed E-state index contributed by atoms with van der Waals surface area (Å²) in [6.45, 7) is 2.16. The summed E-state index contributed by atoms with van der Waals surface area (Å²) in [5.41, 5.74) is 0. The van der Waals surface area contributed by atoms with Crippen molar-refractivity contribution in [2.45, 2.75) is 12.8 Å². The van der Waals surface area contributed by atoms with Crippen LogP contribution in [-0.2, 0) is 16.6 Å². The van der Waals surface area contributed by atoms with Crippen LogP contribution >= 0.6 is 6.04 Å². The number of hydrogen-bond donors (Lipinski definition) is 0. The fourth-order valence-corrected chi connectivity index (χ4v) is 3.18. The number of ketones is 1. The predicted octanol–water partition coefficient (Wildman–Crippen LogP) is 1.46. The molecule has 0 aromatic heterocycles. The average Bonchev–Trinajstić information content (AvgIpc) is 1.78. The first kappa shape index (κ1) is 7.43. The standard InChI is InChI=1S/C6H11OPS/c1-8(9)4-2-6(7)3-5-8/h2-5H2,1H3. The van der Waals surface area contributed by atoms with E-state index in [9.17, 15) is 4.79 Å². The maximum Gasteiger partial charge on any atom is 0.133 e. The molecule has 1 rings (SSSR count). The fourth-order valence-electron chi connectivity index (χ4n) is 0.959. The molecule has 1 nitrogen and oxygen atoms in total. The van der Waals surface area contributed by atoms with Crippen molar-refractivity contribution in [3.8, 4) is 0 Å². The number of carbonyl (C=O) groups excluding carboxylic acids is 1. The van der Waals surface area contributed by atoms with Crippen molar-refractivity contribution in [3.63, 3.8) is 0 Å². The van der Waals surface area contributed by atoms with Crippen LogP contribution in [-0.4, -0.2) is 24.8 Å². The summed E-state index contributed by atoms with van der Waals surface area (Å²) < 4.78 is 0. The summed E-state index contributed by atoms with van der Waals surface area (Å²) in [4.78, 5) is 10.7. The maximum absolute atomic E-state index is 10.7. The Hall–Kier alpha value is 0.320.